The van der Waals surface area contributed by atoms with E-state index in [2.05, 4.69) is 4.98 Å². The number of rotatable bonds is 0. The third-order valence-electron chi connectivity index (χ3n) is 0.949. The van der Waals surface area contributed by atoms with E-state index < -0.39 is 0 Å². The second-order valence-corrected chi connectivity index (χ2v) is 1.92. The maximum Gasteiger partial charge on any atom is 0.364 e. The zero-order chi connectivity index (χ0) is 7.56. The SMILES string of the molecule is N#Cc1[nH]cc[n+](=O)c1Cl. The molecular weight excluding hydrogens is 154 g/mol. The van der Waals surface area contributed by atoms with Crippen LogP contribution in [0.5, 0.6) is 0 Å². The van der Waals surface area contributed by atoms with Gasteiger partial charge in [0.25, 0.3) is 0 Å². The van der Waals surface area contributed by atoms with Gasteiger partial charge >= 0.3 is 5.15 Å². The van der Waals surface area contributed by atoms with Gasteiger partial charge in [0, 0.05) is 4.91 Å². The third-order valence-corrected chi connectivity index (χ3v) is 1.30. The molecule has 1 aromatic rings. The van der Waals surface area contributed by atoms with E-state index in [1.54, 1.807) is 6.07 Å². The standard InChI is InChI=1S/C5H3ClN3O/c6-5-4(3-7)8-1-2-9(5)10/h1-2H,(H,8,10)/q+1. The molecule has 0 unspecified atom stereocenters. The third kappa shape index (κ3) is 0.993. The van der Waals surface area contributed by atoms with Crippen LogP contribution in [0.25, 0.3) is 0 Å². The predicted molar refractivity (Wildman–Crippen MR) is 33.9 cm³/mol. The number of hydrogen-bond donors (Lipinski definition) is 1. The maximum atomic E-state index is 10.6. The van der Waals surface area contributed by atoms with Crippen LogP contribution in [-0.2, 0) is 0 Å². The zero-order valence-electron chi connectivity index (χ0n) is 4.84. The first-order valence-electron chi connectivity index (χ1n) is 2.45. The molecule has 0 aromatic carbocycles. The van der Waals surface area contributed by atoms with Crippen LogP contribution in [-0.4, -0.2) is 4.98 Å². The van der Waals surface area contributed by atoms with Crippen LogP contribution in [0.4, 0.5) is 0 Å². The first-order chi connectivity index (χ1) is 4.75. The zero-order valence-corrected chi connectivity index (χ0v) is 5.59. The lowest BCUT2D eigenvalue weighted by Gasteiger charge is -1.81. The molecule has 1 aromatic heterocycles. The Hall–Kier alpha value is -1.34. The van der Waals surface area contributed by atoms with Crippen LogP contribution < -0.4 is 4.43 Å². The lowest BCUT2D eigenvalue weighted by atomic mass is 10.5. The molecule has 50 valence electrons. The van der Waals surface area contributed by atoms with Crippen LogP contribution >= 0.6 is 11.6 Å². The Bertz CT molecular complexity index is 337. The van der Waals surface area contributed by atoms with E-state index in [0.29, 0.717) is 4.43 Å². The van der Waals surface area contributed by atoms with E-state index in [1.807, 2.05) is 0 Å². The summed E-state index contributed by atoms with van der Waals surface area (Å²) in [7, 11) is 0. The van der Waals surface area contributed by atoms with Crippen molar-refractivity contribution in [2.45, 2.75) is 0 Å². The van der Waals surface area contributed by atoms with Crippen molar-refractivity contribution in [1.82, 2.24) is 4.98 Å². The Morgan fingerprint density at radius 3 is 3.00 bits per heavy atom. The van der Waals surface area contributed by atoms with Crippen molar-refractivity contribution in [3.63, 3.8) is 0 Å². The largest absolute Gasteiger partial charge is 0.364 e. The van der Waals surface area contributed by atoms with E-state index in [9.17, 15) is 4.91 Å². The van der Waals surface area contributed by atoms with E-state index in [4.69, 9.17) is 16.9 Å². The highest BCUT2D eigenvalue weighted by Gasteiger charge is 2.10. The first kappa shape index (κ1) is 6.78. The van der Waals surface area contributed by atoms with Crippen molar-refractivity contribution in [2.75, 3.05) is 0 Å². The molecule has 0 radical (unpaired) electrons. The molecule has 0 saturated carbocycles. The quantitative estimate of drug-likeness (QED) is 0.555. The second-order valence-electron chi connectivity index (χ2n) is 1.56. The summed E-state index contributed by atoms with van der Waals surface area (Å²) < 4.78 is 0.413. The number of hydrogen-bond acceptors (Lipinski definition) is 2. The summed E-state index contributed by atoms with van der Waals surface area (Å²) in [5.41, 5.74) is 0.0687. The van der Waals surface area contributed by atoms with Gasteiger partial charge in [0.2, 0.25) is 11.9 Å². The molecular formula is C5H3ClN3O+. The molecule has 1 rings (SSSR count). The maximum absolute atomic E-state index is 10.6. The topological polar surface area (TPSA) is 62.6 Å². The van der Waals surface area contributed by atoms with Gasteiger partial charge in [-0.1, -0.05) is 0 Å². The van der Waals surface area contributed by atoms with Gasteiger partial charge in [0.05, 0.1) is 10.6 Å². The van der Waals surface area contributed by atoms with Gasteiger partial charge in [-0.2, -0.15) is 5.26 Å². The summed E-state index contributed by atoms with van der Waals surface area (Å²) in [6, 6.07) is 1.73. The Morgan fingerprint density at radius 1 is 1.80 bits per heavy atom. The summed E-state index contributed by atoms with van der Waals surface area (Å²) in [6.45, 7) is 0. The predicted octanol–water partition coefficient (Wildman–Crippen LogP) is 0.454. The van der Waals surface area contributed by atoms with Gasteiger partial charge in [-0.05, 0) is 11.6 Å². The number of aromatic nitrogens is 2. The molecule has 0 aliphatic rings. The summed E-state index contributed by atoms with van der Waals surface area (Å²) in [6.07, 6.45) is 2.53. The van der Waals surface area contributed by atoms with E-state index in [1.165, 1.54) is 12.4 Å². The fourth-order valence-corrected chi connectivity index (χ4v) is 0.655. The summed E-state index contributed by atoms with van der Waals surface area (Å²) in [5, 5.41) is 8.19. The number of aromatic amines is 1. The van der Waals surface area contributed by atoms with Crippen molar-refractivity contribution in [2.24, 2.45) is 0 Å². The molecule has 0 aliphatic carbocycles. The Labute approximate surface area is 61.3 Å². The Morgan fingerprint density at radius 2 is 2.50 bits per heavy atom. The molecule has 0 amide bonds. The molecule has 0 fully saturated rings. The van der Waals surface area contributed by atoms with Crippen molar-refractivity contribution in [1.29, 1.82) is 5.26 Å². The fraction of sp³-hybridized carbons (Fsp3) is 0. The van der Waals surface area contributed by atoms with Gasteiger partial charge in [-0.15, -0.1) is 0 Å². The van der Waals surface area contributed by atoms with Gasteiger partial charge in [0.15, 0.2) is 0 Å². The number of nitrogens with zero attached hydrogens (tertiary/aromatic N) is 2. The smallest absolute Gasteiger partial charge is 0.341 e. The van der Waals surface area contributed by atoms with Crippen molar-refractivity contribution in [3.8, 4) is 6.07 Å². The van der Waals surface area contributed by atoms with Gasteiger partial charge in [-0.25, -0.2) is 0 Å². The van der Waals surface area contributed by atoms with Crippen molar-refractivity contribution in [3.05, 3.63) is 28.1 Å². The number of nitriles is 1. The van der Waals surface area contributed by atoms with Crippen LogP contribution in [0.15, 0.2) is 12.4 Å². The molecule has 0 atom stereocenters. The van der Waals surface area contributed by atoms with E-state index in [-0.39, 0.29) is 10.8 Å². The molecule has 0 spiro atoms. The monoisotopic (exact) mass is 156 g/mol. The van der Waals surface area contributed by atoms with Gasteiger partial charge < -0.3 is 4.98 Å². The summed E-state index contributed by atoms with van der Waals surface area (Å²) in [4.78, 5) is 13.1. The number of halogens is 1. The van der Waals surface area contributed by atoms with Crippen LogP contribution in [0.1, 0.15) is 5.69 Å². The van der Waals surface area contributed by atoms with Crippen molar-refractivity contribution >= 4 is 11.6 Å². The van der Waals surface area contributed by atoms with Crippen LogP contribution in [0.2, 0.25) is 5.15 Å². The Balaban J connectivity index is 3.46. The Kier molecular flexibility index (Phi) is 1.69. The molecule has 0 bridgehead atoms. The highest BCUT2D eigenvalue weighted by atomic mass is 35.5. The molecule has 1 heterocycles. The van der Waals surface area contributed by atoms with Crippen molar-refractivity contribution < 1.29 is 4.43 Å². The average Bonchev–Trinajstić information content (AvgIpc) is 1.95. The minimum Gasteiger partial charge on any atom is -0.341 e. The molecule has 0 aliphatic heterocycles. The van der Waals surface area contributed by atoms with E-state index >= 15 is 0 Å². The fourth-order valence-electron chi connectivity index (χ4n) is 0.502. The van der Waals surface area contributed by atoms with Crippen LogP contribution in [0.3, 0.4) is 0 Å². The molecule has 0 saturated heterocycles. The molecule has 4 nitrogen and oxygen atoms in total. The highest BCUT2D eigenvalue weighted by Crippen LogP contribution is 2.02. The number of H-pyrrole nitrogens is 1. The second kappa shape index (κ2) is 2.50. The van der Waals surface area contributed by atoms with Crippen LogP contribution in [0, 0.1) is 16.2 Å². The van der Waals surface area contributed by atoms with Gasteiger partial charge in [-0.3, -0.25) is 0 Å². The molecule has 5 heteroatoms. The molecule has 10 heavy (non-hydrogen) atoms. The highest BCUT2D eigenvalue weighted by molar-refractivity contribution is 6.29. The minimum absolute atomic E-state index is 0.0687. The van der Waals surface area contributed by atoms with E-state index in [0.717, 1.165) is 0 Å². The summed E-state index contributed by atoms with van der Waals surface area (Å²) >= 11 is 5.39. The normalized spacial score (nSPS) is 8.80. The summed E-state index contributed by atoms with van der Waals surface area (Å²) in [5.74, 6) is 0. The lowest BCUT2D eigenvalue weighted by Crippen LogP contribution is -2.16. The van der Waals surface area contributed by atoms with Gasteiger partial charge in [0.1, 0.15) is 6.07 Å². The molecule has 1 N–H and O–H groups in total. The first-order valence-corrected chi connectivity index (χ1v) is 2.83. The minimum atomic E-state index is -0.134. The lowest BCUT2D eigenvalue weighted by molar-refractivity contribution is -0.493. The average molecular weight is 157 g/mol. The number of nitrogens with one attached hydrogen (secondary N) is 1.